The Morgan fingerprint density at radius 2 is 1.78 bits per heavy atom. The average Bonchev–Trinajstić information content (AvgIpc) is 3.35. The molecular formula is C27H26FN3O4S2. The van der Waals surface area contributed by atoms with Gasteiger partial charge in [-0.2, -0.15) is 4.31 Å². The van der Waals surface area contributed by atoms with E-state index in [1.807, 2.05) is 48.5 Å². The molecule has 1 aliphatic rings. The van der Waals surface area contributed by atoms with Crippen LogP contribution in [0, 0.1) is 11.7 Å². The van der Waals surface area contributed by atoms with Crippen molar-refractivity contribution in [2.24, 2.45) is 5.92 Å². The summed E-state index contributed by atoms with van der Waals surface area (Å²) in [6, 6.07) is 20.2. The van der Waals surface area contributed by atoms with Gasteiger partial charge in [-0.1, -0.05) is 41.7 Å². The number of nitrogens with zero attached hydrogens (tertiary/aromatic N) is 3. The molecule has 0 saturated carbocycles. The first-order valence-corrected chi connectivity index (χ1v) is 14.2. The molecule has 192 valence electrons. The van der Waals surface area contributed by atoms with Gasteiger partial charge in [-0.3, -0.25) is 9.69 Å². The molecule has 1 fully saturated rings. The van der Waals surface area contributed by atoms with Gasteiger partial charge in [0.25, 0.3) is 0 Å². The third kappa shape index (κ3) is 5.36. The second kappa shape index (κ2) is 10.6. The molecule has 0 aliphatic carbocycles. The smallest absolute Gasteiger partial charge is 0.243 e. The number of carbonyl (C=O) groups is 1. The van der Waals surface area contributed by atoms with Gasteiger partial charge in [0, 0.05) is 25.1 Å². The van der Waals surface area contributed by atoms with E-state index in [2.05, 4.69) is 0 Å². The minimum atomic E-state index is -3.75. The number of halogens is 1. The van der Waals surface area contributed by atoms with Crippen molar-refractivity contribution in [3.63, 3.8) is 0 Å². The Bertz CT molecular complexity index is 1500. The molecule has 0 radical (unpaired) electrons. The molecular weight excluding hydrogens is 513 g/mol. The zero-order chi connectivity index (χ0) is 26.0. The van der Waals surface area contributed by atoms with E-state index in [1.165, 1.54) is 27.8 Å². The molecule has 0 atom stereocenters. The van der Waals surface area contributed by atoms with Gasteiger partial charge in [0.05, 0.1) is 28.8 Å². The normalized spacial score (nSPS) is 15.1. The van der Waals surface area contributed by atoms with Gasteiger partial charge in [0.15, 0.2) is 5.13 Å². The lowest BCUT2D eigenvalue weighted by Gasteiger charge is -2.33. The van der Waals surface area contributed by atoms with E-state index in [0.29, 0.717) is 30.3 Å². The van der Waals surface area contributed by atoms with E-state index in [4.69, 9.17) is 9.72 Å². The fourth-order valence-electron chi connectivity index (χ4n) is 4.46. The number of amides is 1. The maximum atomic E-state index is 13.8. The van der Waals surface area contributed by atoms with Crippen LogP contribution in [0.15, 0.2) is 77.7 Å². The monoisotopic (exact) mass is 539 g/mol. The van der Waals surface area contributed by atoms with E-state index in [0.717, 1.165) is 27.9 Å². The van der Waals surface area contributed by atoms with Crippen molar-refractivity contribution in [1.82, 2.24) is 9.29 Å². The number of hydrogen-bond donors (Lipinski definition) is 0. The van der Waals surface area contributed by atoms with Crippen LogP contribution in [0.1, 0.15) is 18.4 Å². The average molecular weight is 540 g/mol. The number of benzene rings is 3. The molecule has 37 heavy (non-hydrogen) atoms. The first-order valence-electron chi connectivity index (χ1n) is 11.9. The van der Waals surface area contributed by atoms with E-state index in [-0.39, 0.29) is 29.8 Å². The maximum Gasteiger partial charge on any atom is 0.243 e. The van der Waals surface area contributed by atoms with Crippen LogP contribution in [0.2, 0.25) is 0 Å². The van der Waals surface area contributed by atoms with Crippen molar-refractivity contribution < 1.29 is 22.3 Å². The molecule has 0 unspecified atom stereocenters. The van der Waals surface area contributed by atoms with Crippen LogP contribution in [0.5, 0.6) is 5.75 Å². The molecule has 1 aromatic heterocycles. The molecule has 0 spiro atoms. The number of sulfonamides is 1. The highest BCUT2D eigenvalue weighted by molar-refractivity contribution is 7.89. The second-order valence-electron chi connectivity index (χ2n) is 8.87. The molecule has 2 heterocycles. The summed E-state index contributed by atoms with van der Waals surface area (Å²) in [5.74, 6) is -0.214. The number of anilines is 1. The topological polar surface area (TPSA) is 79.8 Å². The van der Waals surface area contributed by atoms with Crippen LogP contribution < -0.4 is 9.64 Å². The SMILES string of the molecule is COc1ccc2sc(N(Cc3ccccc3)C(=O)C3CCN(S(=O)(=O)c4ccc(F)cc4)CC3)nc2c1. The molecule has 5 rings (SSSR count). The van der Waals surface area contributed by atoms with Crippen LogP contribution in [0.4, 0.5) is 9.52 Å². The number of fused-ring (bicyclic) bond motifs is 1. The molecule has 0 N–H and O–H groups in total. The summed E-state index contributed by atoms with van der Waals surface area (Å²) < 4.78 is 46.9. The largest absolute Gasteiger partial charge is 0.497 e. The number of carbonyl (C=O) groups excluding carboxylic acids is 1. The zero-order valence-electron chi connectivity index (χ0n) is 20.2. The second-order valence-corrected chi connectivity index (χ2v) is 11.8. The van der Waals surface area contributed by atoms with E-state index < -0.39 is 15.8 Å². The summed E-state index contributed by atoms with van der Waals surface area (Å²) in [6.45, 7) is 0.795. The first-order chi connectivity index (χ1) is 17.8. The van der Waals surface area contributed by atoms with E-state index >= 15 is 0 Å². The fraction of sp³-hybridized carbons (Fsp3) is 0.259. The molecule has 1 amide bonds. The number of rotatable bonds is 7. The van der Waals surface area contributed by atoms with Gasteiger partial charge in [-0.15, -0.1) is 0 Å². The third-order valence-electron chi connectivity index (χ3n) is 6.52. The van der Waals surface area contributed by atoms with Crippen molar-refractivity contribution in [2.45, 2.75) is 24.3 Å². The van der Waals surface area contributed by atoms with Crippen molar-refractivity contribution in [2.75, 3.05) is 25.1 Å². The first kappa shape index (κ1) is 25.3. The van der Waals surface area contributed by atoms with Gasteiger partial charge < -0.3 is 4.74 Å². The Balaban J connectivity index is 1.37. The summed E-state index contributed by atoms with van der Waals surface area (Å²) in [5, 5.41) is 0.596. The van der Waals surface area contributed by atoms with E-state index in [1.54, 1.807) is 12.0 Å². The zero-order valence-corrected chi connectivity index (χ0v) is 21.8. The Morgan fingerprint density at radius 1 is 1.08 bits per heavy atom. The summed E-state index contributed by atoms with van der Waals surface area (Å²) in [4.78, 5) is 20.3. The molecule has 3 aromatic carbocycles. The van der Waals surface area contributed by atoms with Crippen molar-refractivity contribution in [3.8, 4) is 5.75 Å². The lowest BCUT2D eigenvalue weighted by atomic mass is 9.96. The Labute approximate surface area is 219 Å². The fourth-order valence-corrected chi connectivity index (χ4v) is 6.88. The van der Waals surface area contributed by atoms with Gasteiger partial charge in [0.2, 0.25) is 15.9 Å². The third-order valence-corrected chi connectivity index (χ3v) is 9.49. The number of ether oxygens (including phenoxy) is 1. The summed E-state index contributed by atoms with van der Waals surface area (Å²) >= 11 is 1.44. The van der Waals surface area contributed by atoms with E-state index in [9.17, 15) is 17.6 Å². The van der Waals surface area contributed by atoms with Gasteiger partial charge in [0.1, 0.15) is 11.6 Å². The highest BCUT2D eigenvalue weighted by atomic mass is 32.2. The van der Waals surface area contributed by atoms with Crippen molar-refractivity contribution in [3.05, 3.63) is 84.2 Å². The summed E-state index contributed by atoms with van der Waals surface area (Å²) in [6.07, 6.45) is 0.784. The highest BCUT2D eigenvalue weighted by Gasteiger charge is 2.35. The molecule has 10 heteroatoms. The standard InChI is InChI=1S/C27H26FN3O4S2/c1-35-22-9-12-25-24(17-22)29-27(36-25)31(18-19-5-3-2-4-6-19)26(32)20-13-15-30(16-14-20)37(33,34)23-10-7-21(28)8-11-23/h2-12,17,20H,13-16,18H2,1H3. The van der Waals surface area contributed by atoms with Crippen LogP contribution in [0.3, 0.4) is 0 Å². The molecule has 1 saturated heterocycles. The van der Waals surface area contributed by atoms with Crippen LogP contribution in [0.25, 0.3) is 10.2 Å². The van der Waals surface area contributed by atoms with Crippen molar-refractivity contribution in [1.29, 1.82) is 0 Å². The Hall–Kier alpha value is -3.34. The summed E-state index contributed by atoms with van der Waals surface area (Å²) in [7, 11) is -2.15. The minimum absolute atomic E-state index is 0.0503. The van der Waals surface area contributed by atoms with Gasteiger partial charge >= 0.3 is 0 Å². The lowest BCUT2D eigenvalue weighted by molar-refractivity contribution is -0.123. The maximum absolute atomic E-state index is 13.8. The Kier molecular flexibility index (Phi) is 7.23. The molecule has 1 aliphatic heterocycles. The van der Waals surface area contributed by atoms with Crippen molar-refractivity contribution >= 4 is 42.6 Å². The highest BCUT2D eigenvalue weighted by Crippen LogP contribution is 2.34. The van der Waals surface area contributed by atoms with Crippen LogP contribution in [-0.2, 0) is 21.4 Å². The quantitative estimate of drug-likeness (QED) is 0.327. The predicted molar refractivity (Wildman–Crippen MR) is 142 cm³/mol. The van der Waals surface area contributed by atoms with Gasteiger partial charge in [-0.05, 0) is 54.8 Å². The molecule has 4 aromatic rings. The number of piperidine rings is 1. The minimum Gasteiger partial charge on any atom is -0.497 e. The summed E-state index contributed by atoms with van der Waals surface area (Å²) in [5.41, 5.74) is 1.73. The van der Waals surface area contributed by atoms with Gasteiger partial charge in [-0.25, -0.2) is 17.8 Å². The van der Waals surface area contributed by atoms with Crippen LogP contribution >= 0.6 is 11.3 Å². The number of methoxy groups -OCH3 is 1. The molecule has 0 bridgehead atoms. The number of aromatic nitrogens is 1. The number of thiazole rings is 1. The predicted octanol–water partition coefficient (Wildman–Crippen LogP) is 5.08. The van der Waals surface area contributed by atoms with Crippen LogP contribution in [-0.4, -0.2) is 43.8 Å². The lowest BCUT2D eigenvalue weighted by Crippen LogP contribution is -2.44. The number of hydrogen-bond acceptors (Lipinski definition) is 6. The Morgan fingerprint density at radius 3 is 2.46 bits per heavy atom. The molecule has 7 nitrogen and oxygen atoms in total.